The fourth-order valence-corrected chi connectivity index (χ4v) is 3.46. The predicted molar refractivity (Wildman–Crippen MR) is 76.6 cm³/mol. The van der Waals surface area contributed by atoms with E-state index >= 15 is 0 Å². The molecule has 3 heteroatoms. The summed E-state index contributed by atoms with van der Waals surface area (Å²) in [5, 5.41) is 3.61. The summed E-state index contributed by atoms with van der Waals surface area (Å²) < 4.78 is 7.31. The molecule has 0 bridgehead atoms. The molecule has 2 nitrogen and oxygen atoms in total. The van der Waals surface area contributed by atoms with Crippen LogP contribution in [-0.4, -0.2) is 19.7 Å². The Kier molecular flexibility index (Phi) is 3.73. The average Bonchev–Trinajstić information content (AvgIpc) is 2.73. The van der Waals surface area contributed by atoms with Gasteiger partial charge < -0.3 is 10.1 Å². The highest BCUT2D eigenvalue weighted by molar-refractivity contribution is 9.10. The Morgan fingerprint density at radius 1 is 1.17 bits per heavy atom. The molecule has 18 heavy (non-hydrogen) atoms. The monoisotopic (exact) mass is 309 g/mol. The maximum absolute atomic E-state index is 6.19. The van der Waals surface area contributed by atoms with Crippen LogP contribution in [-0.2, 0) is 4.74 Å². The van der Waals surface area contributed by atoms with Crippen molar-refractivity contribution in [1.82, 2.24) is 5.32 Å². The average molecular weight is 310 g/mol. The Hall–Kier alpha value is -0.380. The molecular formula is C15H20BrNO. The van der Waals surface area contributed by atoms with Crippen LogP contribution in [0.25, 0.3) is 0 Å². The summed E-state index contributed by atoms with van der Waals surface area (Å²) in [6.07, 6.45) is 5.60. The van der Waals surface area contributed by atoms with E-state index in [1.54, 1.807) is 0 Å². The standard InChI is InChI=1S/C15H20BrNO/c16-13-5-3-12(4-6-13)14-9-17-10-15(11-18-14)7-1-2-8-15/h3-6,14,17H,1-2,7-11H2. The molecule has 1 saturated carbocycles. The molecule has 3 rings (SSSR count). The summed E-state index contributed by atoms with van der Waals surface area (Å²) in [4.78, 5) is 0. The van der Waals surface area contributed by atoms with Gasteiger partial charge in [-0.2, -0.15) is 0 Å². The minimum atomic E-state index is 0.207. The van der Waals surface area contributed by atoms with Crippen LogP contribution in [0.3, 0.4) is 0 Å². The van der Waals surface area contributed by atoms with Crippen LogP contribution in [0.4, 0.5) is 0 Å². The van der Waals surface area contributed by atoms with Crippen LogP contribution in [0.5, 0.6) is 0 Å². The molecule has 1 aliphatic carbocycles. The van der Waals surface area contributed by atoms with Crippen molar-refractivity contribution in [2.75, 3.05) is 19.7 Å². The fraction of sp³-hybridized carbons (Fsp3) is 0.600. The van der Waals surface area contributed by atoms with E-state index in [0.29, 0.717) is 5.41 Å². The molecule has 1 aromatic rings. The molecule has 1 aliphatic heterocycles. The van der Waals surface area contributed by atoms with Crippen molar-refractivity contribution in [3.63, 3.8) is 0 Å². The van der Waals surface area contributed by atoms with Gasteiger partial charge in [-0.1, -0.05) is 40.9 Å². The van der Waals surface area contributed by atoms with Gasteiger partial charge in [0.15, 0.2) is 0 Å². The largest absolute Gasteiger partial charge is 0.372 e. The highest BCUT2D eigenvalue weighted by atomic mass is 79.9. The number of hydrogen-bond donors (Lipinski definition) is 1. The van der Waals surface area contributed by atoms with Gasteiger partial charge in [-0.25, -0.2) is 0 Å². The van der Waals surface area contributed by atoms with Gasteiger partial charge in [0.2, 0.25) is 0 Å². The van der Waals surface area contributed by atoms with Crippen LogP contribution in [0.2, 0.25) is 0 Å². The Morgan fingerprint density at radius 2 is 1.89 bits per heavy atom. The Morgan fingerprint density at radius 3 is 2.61 bits per heavy atom. The molecule has 98 valence electrons. The smallest absolute Gasteiger partial charge is 0.0949 e. The van der Waals surface area contributed by atoms with Gasteiger partial charge in [-0.05, 0) is 30.5 Å². The zero-order valence-electron chi connectivity index (χ0n) is 10.6. The summed E-state index contributed by atoms with van der Waals surface area (Å²) in [6, 6.07) is 8.50. The normalized spacial score (nSPS) is 27.3. The van der Waals surface area contributed by atoms with Gasteiger partial charge in [-0.3, -0.25) is 0 Å². The summed E-state index contributed by atoms with van der Waals surface area (Å²) in [5.74, 6) is 0. The number of rotatable bonds is 1. The molecule has 1 heterocycles. The van der Waals surface area contributed by atoms with E-state index in [9.17, 15) is 0 Å². The third kappa shape index (κ3) is 2.63. The first kappa shape index (κ1) is 12.6. The van der Waals surface area contributed by atoms with Crippen molar-refractivity contribution in [3.8, 4) is 0 Å². The number of hydrogen-bond acceptors (Lipinski definition) is 2. The van der Waals surface area contributed by atoms with E-state index in [0.717, 1.165) is 24.2 Å². The topological polar surface area (TPSA) is 21.3 Å². The maximum Gasteiger partial charge on any atom is 0.0949 e. The molecule has 1 N–H and O–H groups in total. The van der Waals surface area contributed by atoms with Crippen molar-refractivity contribution in [2.45, 2.75) is 31.8 Å². The maximum atomic E-state index is 6.19. The quantitative estimate of drug-likeness (QED) is 0.854. The second-order valence-electron chi connectivity index (χ2n) is 5.69. The molecule has 2 fully saturated rings. The Balaban J connectivity index is 1.70. The van der Waals surface area contributed by atoms with Gasteiger partial charge >= 0.3 is 0 Å². The number of nitrogens with one attached hydrogen (secondary N) is 1. The zero-order valence-corrected chi connectivity index (χ0v) is 12.2. The lowest BCUT2D eigenvalue weighted by Crippen LogP contribution is -2.32. The summed E-state index contributed by atoms with van der Waals surface area (Å²) in [5.41, 5.74) is 1.70. The molecule has 1 spiro atoms. The lowest BCUT2D eigenvalue weighted by Gasteiger charge is -2.26. The highest BCUT2D eigenvalue weighted by Gasteiger charge is 2.36. The molecule has 1 unspecified atom stereocenters. The summed E-state index contributed by atoms with van der Waals surface area (Å²) >= 11 is 3.48. The van der Waals surface area contributed by atoms with E-state index in [2.05, 4.69) is 45.5 Å². The number of benzene rings is 1. The lowest BCUT2D eigenvalue weighted by atomic mass is 9.87. The van der Waals surface area contributed by atoms with Gasteiger partial charge in [0.1, 0.15) is 0 Å². The molecule has 0 aromatic heterocycles. The fourth-order valence-electron chi connectivity index (χ4n) is 3.19. The van der Waals surface area contributed by atoms with Gasteiger partial charge in [0.25, 0.3) is 0 Å². The summed E-state index contributed by atoms with van der Waals surface area (Å²) in [6.45, 7) is 2.98. The molecular weight excluding hydrogens is 290 g/mol. The Bertz CT molecular complexity index is 397. The van der Waals surface area contributed by atoms with Crippen molar-refractivity contribution >= 4 is 15.9 Å². The third-order valence-electron chi connectivity index (χ3n) is 4.33. The van der Waals surface area contributed by atoms with Crippen LogP contribution in [0, 0.1) is 5.41 Å². The number of ether oxygens (including phenoxy) is 1. The van der Waals surface area contributed by atoms with E-state index in [4.69, 9.17) is 4.74 Å². The molecule has 0 amide bonds. The molecule has 1 saturated heterocycles. The van der Waals surface area contributed by atoms with Crippen LogP contribution >= 0.6 is 15.9 Å². The minimum Gasteiger partial charge on any atom is -0.372 e. The first-order valence-electron chi connectivity index (χ1n) is 6.85. The van der Waals surface area contributed by atoms with Gasteiger partial charge in [0.05, 0.1) is 12.7 Å². The zero-order chi connectivity index (χ0) is 12.4. The first-order chi connectivity index (χ1) is 8.77. The van der Waals surface area contributed by atoms with Crippen LogP contribution in [0.15, 0.2) is 28.7 Å². The molecule has 1 aromatic carbocycles. The van der Waals surface area contributed by atoms with Crippen LogP contribution < -0.4 is 5.32 Å². The lowest BCUT2D eigenvalue weighted by molar-refractivity contribution is 0.0158. The van der Waals surface area contributed by atoms with Crippen molar-refractivity contribution in [2.24, 2.45) is 5.41 Å². The van der Waals surface area contributed by atoms with E-state index < -0.39 is 0 Å². The van der Waals surface area contributed by atoms with E-state index in [1.165, 1.54) is 31.2 Å². The van der Waals surface area contributed by atoms with Crippen molar-refractivity contribution < 1.29 is 4.74 Å². The molecule has 0 radical (unpaired) electrons. The van der Waals surface area contributed by atoms with E-state index in [1.807, 2.05) is 0 Å². The highest BCUT2D eigenvalue weighted by Crippen LogP contribution is 2.40. The molecule has 1 atom stereocenters. The van der Waals surface area contributed by atoms with E-state index in [-0.39, 0.29) is 6.10 Å². The van der Waals surface area contributed by atoms with Gasteiger partial charge in [-0.15, -0.1) is 0 Å². The first-order valence-corrected chi connectivity index (χ1v) is 7.65. The Labute approximate surface area is 117 Å². The van der Waals surface area contributed by atoms with Gasteiger partial charge in [0, 0.05) is 23.0 Å². The van der Waals surface area contributed by atoms with Crippen molar-refractivity contribution in [1.29, 1.82) is 0 Å². The second kappa shape index (κ2) is 5.32. The third-order valence-corrected chi connectivity index (χ3v) is 4.86. The molecule has 2 aliphatic rings. The predicted octanol–water partition coefficient (Wildman–Crippen LogP) is 3.67. The SMILES string of the molecule is Brc1ccc(C2CNCC3(CCCC3)CO2)cc1. The van der Waals surface area contributed by atoms with Crippen LogP contribution in [0.1, 0.15) is 37.4 Å². The second-order valence-corrected chi connectivity index (χ2v) is 6.60. The van der Waals surface area contributed by atoms with Crippen molar-refractivity contribution in [3.05, 3.63) is 34.3 Å². The summed E-state index contributed by atoms with van der Waals surface area (Å²) in [7, 11) is 0. The minimum absolute atomic E-state index is 0.207. The number of halogens is 1.